The molecule has 0 saturated heterocycles. The predicted molar refractivity (Wildman–Crippen MR) is 80.5 cm³/mol. The highest BCUT2D eigenvalue weighted by Crippen LogP contribution is 2.16. The van der Waals surface area contributed by atoms with Crippen molar-refractivity contribution in [2.45, 2.75) is 19.9 Å². The molecule has 0 aliphatic heterocycles. The molecular weight excluding hydrogens is 248 g/mol. The van der Waals surface area contributed by atoms with Crippen molar-refractivity contribution in [3.63, 3.8) is 0 Å². The van der Waals surface area contributed by atoms with Gasteiger partial charge in [0.1, 0.15) is 0 Å². The summed E-state index contributed by atoms with van der Waals surface area (Å²) >= 11 is 0. The van der Waals surface area contributed by atoms with Gasteiger partial charge in [0.05, 0.1) is 17.5 Å². The summed E-state index contributed by atoms with van der Waals surface area (Å²) in [7, 11) is 0. The molecule has 2 N–H and O–H groups in total. The van der Waals surface area contributed by atoms with E-state index < -0.39 is 0 Å². The molecule has 4 heteroatoms. The molecule has 2 aromatic heterocycles. The van der Waals surface area contributed by atoms with Gasteiger partial charge in [-0.1, -0.05) is 24.3 Å². The molecular formula is C16H18N4. The highest BCUT2D eigenvalue weighted by Gasteiger charge is 2.03. The largest absolute Gasteiger partial charge is 0.348 e. The van der Waals surface area contributed by atoms with E-state index in [4.69, 9.17) is 0 Å². The molecule has 0 unspecified atom stereocenters. The van der Waals surface area contributed by atoms with Crippen LogP contribution in [-0.2, 0) is 13.0 Å². The number of para-hydroxylation sites is 1. The molecule has 2 heterocycles. The smallest absolute Gasteiger partial charge is 0.0925 e. The highest BCUT2D eigenvalue weighted by atomic mass is 14.9. The van der Waals surface area contributed by atoms with Gasteiger partial charge in [-0.25, -0.2) is 4.98 Å². The molecule has 20 heavy (non-hydrogen) atoms. The highest BCUT2D eigenvalue weighted by molar-refractivity contribution is 5.81. The average molecular weight is 266 g/mol. The van der Waals surface area contributed by atoms with Crippen LogP contribution in [0.4, 0.5) is 0 Å². The fourth-order valence-corrected chi connectivity index (χ4v) is 2.36. The Morgan fingerprint density at radius 1 is 1.15 bits per heavy atom. The number of aryl methyl sites for hydroxylation is 1. The summed E-state index contributed by atoms with van der Waals surface area (Å²) in [4.78, 5) is 11.8. The number of fused-ring (bicyclic) bond motifs is 1. The van der Waals surface area contributed by atoms with Crippen molar-refractivity contribution in [1.82, 2.24) is 20.3 Å². The van der Waals surface area contributed by atoms with E-state index in [0.717, 1.165) is 36.4 Å². The number of aromatic amines is 1. The monoisotopic (exact) mass is 266 g/mol. The quantitative estimate of drug-likeness (QED) is 0.698. The van der Waals surface area contributed by atoms with Crippen molar-refractivity contribution in [2.24, 2.45) is 0 Å². The Morgan fingerprint density at radius 3 is 2.90 bits per heavy atom. The van der Waals surface area contributed by atoms with E-state index in [2.05, 4.69) is 44.5 Å². The molecule has 0 fully saturated rings. The lowest BCUT2D eigenvalue weighted by Crippen LogP contribution is -2.17. The van der Waals surface area contributed by atoms with Gasteiger partial charge in [-0.3, -0.25) is 4.98 Å². The molecule has 0 aliphatic rings. The second kappa shape index (κ2) is 5.84. The second-order valence-corrected chi connectivity index (χ2v) is 4.89. The van der Waals surface area contributed by atoms with Gasteiger partial charge in [0, 0.05) is 23.8 Å². The third kappa shape index (κ3) is 2.70. The molecule has 0 radical (unpaired) electrons. The lowest BCUT2D eigenvalue weighted by molar-refractivity contribution is 0.675. The number of aromatic nitrogens is 3. The number of hydrogen-bond acceptors (Lipinski definition) is 3. The van der Waals surface area contributed by atoms with Gasteiger partial charge in [0.2, 0.25) is 0 Å². The van der Waals surface area contributed by atoms with E-state index >= 15 is 0 Å². The predicted octanol–water partition coefficient (Wildman–Crippen LogP) is 2.60. The Balaban J connectivity index is 1.62. The van der Waals surface area contributed by atoms with Crippen molar-refractivity contribution < 1.29 is 0 Å². The zero-order valence-electron chi connectivity index (χ0n) is 11.6. The van der Waals surface area contributed by atoms with Crippen molar-refractivity contribution in [2.75, 3.05) is 6.54 Å². The van der Waals surface area contributed by atoms with Gasteiger partial charge in [0.25, 0.3) is 0 Å². The zero-order chi connectivity index (χ0) is 13.8. The number of H-pyrrole nitrogens is 1. The van der Waals surface area contributed by atoms with Crippen molar-refractivity contribution in [3.05, 3.63) is 59.8 Å². The summed E-state index contributed by atoms with van der Waals surface area (Å²) in [6.45, 7) is 3.76. The Kier molecular flexibility index (Phi) is 3.74. The molecule has 0 saturated carbocycles. The molecule has 0 atom stereocenters. The Bertz CT molecular complexity index is 697. The number of rotatable bonds is 5. The van der Waals surface area contributed by atoms with Crippen LogP contribution in [0, 0.1) is 6.92 Å². The van der Waals surface area contributed by atoms with Gasteiger partial charge in [-0.2, -0.15) is 0 Å². The van der Waals surface area contributed by atoms with Crippen LogP contribution in [0.1, 0.15) is 17.0 Å². The van der Waals surface area contributed by atoms with Crippen LogP contribution in [0.3, 0.4) is 0 Å². The van der Waals surface area contributed by atoms with Crippen molar-refractivity contribution in [3.8, 4) is 0 Å². The molecule has 3 rings (SSSR count). The van der Waals surface area contributed by atoms with Crippen LogP contribution in [-0.4, -0.2) is 21.5 Å². The topological polar surface area (TPSA) is 53.6 Å². The maximum atomic E-state index is 4.48. The summed E-state index contributed by atoms with van der Waals surface area (Å²) < 4.78 is 0. The van der Waals surface area contributed by atoms with Crippen molar-refractivity contribution >= 4 is 10.9 Å². The number of imidazole rings is 1. The summed E-state index contributed by atoms with van der Waals surface area (Å²) in [5, 5.41) is 4.63. The number of nitrogens with zero attached hydrogens (tertiary/aromatic N) is 2. The third-order valence-corrected chi connectivity index (χ3v) is 3.51. The van der Waals surface area contributed by atoms with Gasteiger partial charge in [-0.15, -0.1) is 0 Å². The van der Waals surface area contributed by atoms with E-state index in [1.54, 1.807) is 6.33 Å². The molecule has 102 valence electrons. The summed E-state index contributed by atoms with van der Waals surface area (Å²) in [6, 6.07) is 10.4. The first-order valence-electron chi connectivity index (χ1n) is 6.87. The maximum absolute atomic E-state index is 4.48. The SMILES string of the molecule is Cc1[nH]cnc1CNCCc1cccc2cccnc12. The second-order valence-electron chi connectivity index (χ2n) is 4.89. The average Bonchev–Trinajstić information content (AvgIpc) is 2.89. The summed E-state index contributed by atoms with van der Waals surface area (Å²) in [6.07, 6.45) is 4.56. The van der Waals surface area contributed by atoms with Gasteiger partial charge >= 0.3 is 0 Å². The molecule has 3 aromatic rings. The van der Waals surface area contributed by atoms with E-state index in [1.165, 1.54) is 10.9 Å². The van der Waals surface area contributed by atoms with Crippen LogP contribution in [0.2, 0.25) is 0 Å². The number of benzene rings is 1. The standard InChI is InChI=1S/C16H18N4/c1-12-15(20-11-19-12)10-17-9-7-14-5-2-4-13-6-3-8-18-16(13)14/h2-6,8,11,17H,7,9-10H2,1H3,(H,19,20). The number of hydrogen-bond donors (Lipinski definition) is 2. The van der Waals surface area contributed by atoms with Gasteiger partial charge < -0.3 is 10.3 Å². The minimum absolute atomic E-state index is 0.799. The molecule has 0 aliphatic carbocycles. The molecule has 0 spiro atoms. The Labute approximate surface area is 118 Å². The summed E-state index contributed by atoms with van der Waals surface area (Å²) in [5.74, 6) is 0. The first-order valence-corrected chi connectivity index (χ1v) is 6.87. The third-order valence-electron chi connectivity index (χ3n) is 3.51. The van der Waals surface area contributed by atoms with Crippen molar-refractivity contribution in [1.29, 1.82) is 0 Å². The Hall–Kier alpha value is -2.20. The number of pyridine rings is 1. The first-order chi connectivity index (χ1) is 9.84. The van der Waals surface area contributed by atoms with E-state index in [1.807, 2.05) is 19.2 Å². The fraction of sp³-hybridized carbons (Fsp3) is 0.250. The van der Waals surface area contributed by atoms with E-state index in [-0.39, 0.29) is 0 Å². The lowest BCUT2D eigenvalue weighted by Gasteiger charge is -2.06. The van der Waals surface area contributed by atoms with Crippen LogP contribution < -0.4 is 5.32 Å². The van der Waals surface area contributed by atoms with E-state index in [9.17, 15) is 0 Å². The molecule has 0 bridgehead atoms. The van der Waals surface area contributed by atoms with Crippen LogP contribution >= 0.6 is 0 Å². The Morgan fingerprint density at radius 2 is 2.05 bits per heavy atom. The molecule has 4 nitrogen and oxygen atoms in total. The van der Waals surface area contributed by atoms with Crippen LogP contribution in [0.15, 0.2) is 42.9 Å². The maximum Gasteiger partial charge on any atom is 0.0925 e. The van der Waals surface area contributed by atoms with Gasteiger partial charge in [0.15, 0.2) is 0 Å². The summed E-state index contributed by atoms with van der Waals surface area (Å²) in [5.41, 5.74) is 4.60. The molecule has 1 aromatic carbocycles. The zero-order valence-corrected chi connectivity index (χ0v) is 11.6. The minimum atomic E-state index is 0.799. The number of nitrogens with one attached hydrogen (secondary N) is 2. The fourth-order valence-electron chi connectivity index (χ4n) is 2.36. The van der Waals surface area contributed by atoms with Crippen LogP contribution in [0.5, 0.6) is 0 Å². The molecule has 0 amide bonds. The minimum Gasteiger partial charge on any atom is -0.348 e. The lowest BCUT2D eigenvalue weighted by atomic mass is 10.1. The first kappa shape index (κ1) is 12.8. The van der Waals surface area contributed by atoms with Crippen LogP contribution in [0.25, 0.3) is 10.9 Å². The van der Waals surface area contributed by atoms with Gasteiger partial charge in [-0.05, 0) is 31.5 Å². The van der Waals surface area contributed by atoms with E-state index in [0.29, 0.717) is 0 Å². The normalized spacial score (nSPS) is 11.1.